The molecule has 0 unspecified atom stereocenters. The number of benzene rings is 2. The quantitative estimate of drug-likeness (QED) is 0.764. The highest BCUT2D eigenvalue weighted by Crippen LogP contribution is 2.38. The van der Waals surface area contributed by atoms with Crippen molar-refractivity contribution >= 4 is 11.9 Å². The normalized spacial score (nSPS) is 19.1. The summed E-state index contributed by atoms with van der Waals surface area (Å²) in [6.07, 6.45) is 0.869. The summed E-state index contributed by atoms with van der Waals surface area (Å²) < 4.78 is 7.42. The van der Waals surface area contributed by atoms with Crippen molar-refractivity contribution in [2.24, 2.45) is 0 Å². The molecule has 3 aromatic rings. The number of rotatable bonds is 4. The minimum absolute atomic E-state index is 0.0712. The number of anilines is 2. The van der Waals surface area contributed by atoms with Gasteiger partial charge in [-0.1, -0.05) is 42.5 Å². The van der Waals surface area contributed by atoms with Gasteiger partial charge in [0.1, 0.15) is 5.75 Å². The fourth-order valence-corrected chi connectivity index (χ4v) is 3.33. The van der Waals surface area contributed by atoms with Gasteiger partial charge < -0.3 is 15.8 Å². The van der Waals surface area contributed by atoms with Gasteiger partial charge in [-0.3, -0.25) is 0 Å². The molecular weight excluding hydrogens is 314 g/mol. The Bertz CT molecular complexity index is 844. The lowest BCUT2D eigenvalue weighted by atomic mass is 9.93. The Balaban J connectivity index is 1.69. The lowest BCUT2D eigenvalue weighted by Crippen LogP contribution is -2.28. The third kappa shape index (κ3) is 3.03. The summed E-state index contributed by atoms with van der Waals surface area (Å²) in [5.74, 6) is 1.86. The van der Waals surface area contributed by atoms with Crippen LogP contribution in [0.2, 0.25) is 0 Å². The molecule has 128 valence electrons. The van der Waals surface area contributed by atoms with E-state index in [-0.39, 0.29) is 18.0 Å². The minimum atomic E-state index is 0.0712. The van der Waals surface area contributed by atoms with Crippen LogP contribution in [0.3, 0.4) is 0 Å². The molecule has 0 aliphatic carbocycles. The smallest absolute Gasteiger partial charge is 0.241 e. The Hall–Kier alpha value is -3.02. The first-order chi connectivity index (χ1) is 12.2. The van der Waals surface area contributed by atoms with E-state index in [1.54, 1.807) is 0 Å². The molecule has 2 aromatic carbocycles. The van der Waals surface area contributed by atoms with Gasteiger partial charge in [0.05, 0.1) is 18.7 Å². The van der Waals surface area contributed by atoms with Crippen LogP contribution in [-0.2, 0) is 0 Å². The van der Waals surface area contributed by atoms with E-state index in [0.717, 1.165) is 17.7 Å². The Kier molecular flexibility index (Phi) is 4.01. The maximum atomic E-state index is 5.84. The van der Waals surface area contributed by atoms with Crippen LogP contribution in [0.25, 0.3) is 0 Å². The molecule has 4 rings (SSSR count). The maximum Gasteiger partial charge on any atom is 0.241 e. The second-order valence-corrected chi connectivity index (χ2v) is 6.10. The van der Waals surface area contributed by atoms with Crippen molar-refractivity contribution in [3.05, 3.63) is 65.7 Å². The average Bonchev–Trinajstić information content (AvgIpc) is 3.03. The van der Waals surface area contributed by atoms with E-state index in [9.17, 15) is 0 Å². The van der Waals surface area contributed by atoms with Crippen LogP contribution >= 0.6 is 0 Å². The second-order valence-electron chi connectivity index (χ2n) is 6.10. The van der Waals surface area contributed by atoms with Gasteiger partial charge in [-0.2, -0.15) is 4.98 Å². The van der Waals surface area contributed by atoms with Crippen LogP contribution < -0.4 is 15.8 Å². The number of nitrogens with two attached hydrogens (primary N) is 1. The molecule has 2 atom stereocenters. The molecule has 6 nitrogen and oxygen atoms in total. The SMILES string of the molecule is CCOc1ccc([C@H]2C[C@@H](c3ccccc3)Nc3nc(N)nn32)cc1. The molecule has 0 saturated heterocycles. The molecule has 0 radical (unpaired) electrons. The molecule has 25 heavy (non-hydrogen) atoms. The Morgan fingerprint density at radius 1 is 1.12 bits per heavy atom. The molecule has 0 bridgehead atoms. The highest BCUT2D eigenvalue weighted by molar-refractivity contribution is 5.42. The van der Waals surface area contributed by atoms with Gasteiger partial charge in [0.15, 0.2) is 0 Å². The summed E-state index contributed by atoms with van der Waals surface area (Å²) in [5, 5.41) is 7.84. The number of nitrogens with zero attached hydrogens (tertiary/aromatic N) is 3. The molecule has 0 amide bonds. The molecule has 0 saturated carbocycles. The Labute approximate surface area is 146 Å². The van der Waals surface area contributed by atoms with Crippen LogP contribution in [-0.4, -0.2) is 21.4 Å². The fraction of sp³-hybridized carbons (Fsp3) is 0.263. The number of nitrogens with one attached hydrogen (secondary N) is 1. The van der Waals surface area contributed by atoms with Crippen molar-refractivity contribution in [3.63, 3.8) is 0 Å². The van der Waals surface area contributed by atoms with Crippen LogP contribution in [0.5, 0.6) is 5.75 Å². The fourth-order valence-electron chi connectivity index (χ4n) is 3.33. The van der Waals surface area contributed by atoms with Gasteiger partial charge in [0, 0.05) is 0 Å². The van der Waals surface area contributed by atoms with Gasteiger partial charge in [-0.05, 0) is 36.6 Å². The molecule has 6 heteroatoms. The van der Waals surface area contributed by atoms with Gasteiger partial charge in [0.25, 0.3) is 0 Å². The number of hydrogen-bond acceptors (Lipinski definition) is 5. The standard InChI is InChI=1S/C19H21N5O/c1-2-25-15-10-8-14(9-11-15)17-12-16(13-6-4-3-5-7-13)21-19-22-18(20)23-24(17)19/h3-11,16-17H,2,12H2,1H3,(H3,20,21,22,23)/t16-,17+/m0/s1. The number of hydrogen-bond donors (Lipinski definition) is 2. The second kappa shape index (κ2) is 6.47. The molecular formula is C19H21N5O. The Morgan fingerprint density at radius 2 is 1.88 bits per heavy atom. The maximum absolute atomic E-state index is 5.84. The van der Waals surface area contributed by atoms with E-state index in [2.05, 4.69) is 51.8 Å². The summed E-state index contributed by atoms with van der Waals surface area (Å²) in [7, 11) is 0. The molecule has 1 aromatic heterocycles. The third-order valence-corrected chi connectivity index (χ3v) is 4.48. The molecule has 1 aliphatic rings. The van der Waals surface area contributed by atoms with Gasteiger partial charge in [0.2, 0.25) is 11.9 Å². The highest BCUT2D eigenvalue weighted by atomic mass is 16.5. The van der Waals surface area contributed by atoms with Crippen molar-refractivity contribution < 1.29 is 4.74 Å². The predicted octanol–water partition coefficient (Wildman–Crippen LogP) is 3.41. The zero-order valence-electron chi connectivity index (χ0n) is 14.1. The molecule has 0 fully saturated rings. The first-order valence-corrected chi connectivity index (χ1v) is 8.51. The number of aromatic nitrogens is 3. The Morgan fingerprint density at radius 3 is 2.60 bits per heavy atom. The summed E-state index contributed by atoms with van der Waals surface area (Å²) >= 11 is 0. The topological polar surface area (TPSA) is 78.0 Å². The lowest BCUT2D eigenvalue weighted by Gasteiger charge is -2.31. The number of nitrogen functional groups attached to an aromatic ring is 1. The van der Waals surface area contributed by atoms with Crippen LogP contribution in [0.15, 0.2) is 54.6 Å². The van der Waals surface area contributed by atoms with E-state index < -0.39 is 0 Å². The minimum Gasteiger partial charge on any atom is -0.494 e. The van der Waals surface area contributed by atoms with E-state index in [1.165, 1.54) is 5.56 Å². The van der Waals surface area contributed by atoms with E-state index >= 15 is 0 Å². The molecule has 0 spiro atoms. The zero-order chi connectivity index (χ0) is 17.2. The predicted molar refractivity (Wildman–Crippen MR) is 97.6 cm³/mol. The monoisotopic (exact) mass is 335 g/mol. The lowest BCUT2D eigenvalue weighted by molar-refractivity contribution is 0.340. The van der Waals surface area contributed by atoms with Crippen molar-refractivity contribution in [1.82, 2.24) is 14.8 Å². The van der Waals surface area contributed by atoms with Crippen molar-refractivity contribution in [2.45, 2.75) is 25.4 Å². The largest absolute Gasteiger partial charge is 0.494 e. The van der Waals surface area contributed by atoms with Crippen LogP contribution in [0.1, 0.15) is 36.6 Å². The van der Waals surface area contributed by atoms with Crippen LogP contribution in [0, 0.1) is 0 Å². The van der Waals surface area contributed by atoms with E-state index in [1.807, 2.05) is 29.8 Å². The van der Waals surface area contributed by atoms with E-state index in [4.69, 9.17) is 10.5 Å². The summed E-state index contributed by atoms with van der Waals surface area (Å²) in [6, 6.07) is 18.8. The summed E-state index contributed by atoms with van der Waals surface area (Å²) in [5.41, 5.74) is 8.24. The van der Waals surface area contributed by atoms with Crippen molar-refractivity contribution in [2.75, 3.05) is 17.7 Å². The number of fused-ring (bicyclic) bond motifs is 1. The zero-order valence-corrected chi connectivity index (χ0v) is 14.1. The van der Waals surface area contributed by atoms with Crippen LogP contribution in [0.4, 0.5) is 11.9 Å². The number of ether oxygens (including phenoxy) is 1. The molecule has 1 aliphatic heterocycles. The third-order valence-electron chi connectivity index (χ3n) is 4.48. The van der Waals surface area contributed by atoms with Crippen molar-refractivity contribution in [1.29, 1.82) is 0 Å². The molecule has 2 heterocycles. The first-order valence-electron chi connectivity index (χ1n) is 8.51. The first kappa shape index (κ1) is 15.5. The van der Waals surface area contributed by atoms with E-state index in [0.29, 0.717) is 12.6 Å². The summed E-state index contributed by atoms with van der Waals surface area (Å²) in [4.78, 5) is 4.34. The molecule has 3 N–H and O–H groups in total. The van der Waals surface area contributed by atoms with Gasteiger partial charge >= 0.3 is 0 Å². The van der Waals surface area contributed by atoms with Gasteiger partial charge in [-0.25, -0.2) is 4.68 Å². The average molecular weight is 335 g/mol. The highest BCUT2D eigenvalue weighted by Gasteiger charge is 2.30. The summed E-state index contributed by atoms with van der Waals surface area (Å²) in [6.45, 7) is 2.64. The van der Waals surface area contributed by atoms with Crippen molar-refractivity contribution in [3.8, 4) is 5.75 Å². The van der Waals surface area contributed by atoms with Gasteiger partial charge in [-0.15, -0.1) is 5.10 Å².